The van der Waals surface area contributed by atoms with Crippen LogP contribution in [0.4, 0.5) is 4.79 Å². The van der Waals surface area contributed by atoms with Crippen LogP contribution in [-0.2, 0) is 14.3 Å². The Morgan fingerprint density at radius 1 is 1.25 bits per heavy atom. The topological polar surface area (TPSA) is 64.6 Å². The quantitative estimate of drug-likeness (QED) is 0.611. The van der Waals surface area contributed by atoms with Crippen molar-refractivity contribution < 1.29 is 19.1 Å². The fourth-order valence-electron chi connectivity index (χ4n) is 1.03. The molecule has 16 heavy (non-hydrogen) atoms. The number of nitrogens with one attached hydrogen (secondary N) is 1. The van der Waals surface area contributed by atoms with Crippen molar-refractivity contribution in [3.05, 3.63) is 0 Å². The molecule has 0 spiro atoms. The van der Waals surface area contributed by atoms with Crippen LogP contribution in [-0.4, -0.2) is 37.2 Å². The first kappa shape index (κ1) is 15.3. The molecule has 1 amide bonds. The molecule has 7 heteroatoms. The number of halogens is 2. The lowest BCUT2D eigenvalue weighted by Crippen LogP contribution is -2.43. The SMILES string of the molecule is COC(=O)N[C@@H](C[C@H](C)C(Cl)Cl)C(=O)OC. The first-order chi connectivity index (χ1) is 7.42. The lowest BCUT2D eigenvalue weighted by molar-refractivity contribution is -0.143. The molecule has 0 aliphatic carbocycles. The Morgan fingerprint density at radius 2 is 1.81 bits per heavy atom. The van der Waals surface area contributed by atoms with E-state index >= 15 is 0 Å². The lowest BCUT2D eigenvalue weighted by atomic mass is 10.0. The molecule has 0 aliphatic heterocycles. The second-order valence-electron chi connectivity index (χ2n) is 3.26. The molecule has 0 saturated carbocycles. The molecular weight excluding hydrogens is 257 g/mol. The Kier molecular flexibility index (Phi) is 7.25. The number of methoxy groups -OCH3 is 2. The number of rotatable bonds is 5. The van der Waals surface area contributed by atoms with Crippen LogP contribution < -0.4 is 5.32 Å². The highest BCUT2D eigenvalue weighted by Gasteiger charge is 2.26. The second kappa shape index (κ2) is 7.57. The number of hydrogen-bond acceptors (Lipinski definition) is 4. The molecule has 0 radical (unpaired) electrons. The van der Waals surface area contributed by atoms with Crippen molar-refractivity contribution in [2.45, 2.75) is 24.2 Å². The zero-order chi connectivity index (χ0) is 12.7. The molecular formula is C9H15Cl2NO4. The third-order valence-electron chi connectivity index (χ3n) is 2.00. The van der Waals surface area contributed by atoms with Gasteiger partial charge in [-0.1, -0.05) is 6.92 Å². The van der Waals surface area contributed by atoms with Gasteiger partial charge in [-0.15, -0.1) is 23.2 Å². The maximum absolute atomic E-state index is 11.3. The summed E-state index contributed by atoms with van der Waals surface area (Å²) in [4.78, 5) is 21.7. The van der Waals surface area contributed by atoms with E-state index in [9.17, 15) is 9.59 Å². The van der Waals surface area contributed by atoms with Crippen molar-refractivity contribution in [1.82, 2.24) is 5.32 Å². The number of hydrogen-bond donors (Lipinski definition) is 1. The molecule has 94 valence electrons. The number of amides is 1. The van der Waals surface area contributed by atoms with Crippen molar-refractivity contribution in [2.75, 3.05) is 14.2 Å². The summed E-state index contributed by atoms with van der Waals surface area (Å²) in [5, 5.41) is 2.35. The van der Waals surface area contributed by atoms with E-state index in [0.29, 0.717) is 0 Å². The van der Waals surface area contributed by atoms with E-state index in [4.69, 9.17) is 23.2 Å². The molecule has 1 N–H and O–H groups in total. The molecule has 0 saturated heterocycles. The molecule has 0 unspecified atom stereocenters. The van der Waals surface area contributed by atoms with Crippen LogP contribution >= 0.6 is 23.2 Å². The van der Waals surface area contributed by atoms with Gasteiger partial charge in [0.15, 0.2) is 0 Å². The zero-order valence-corrected chi connectivity index (χ0v) is 10.8. The van der Waals surface area contributed by atoms with E-state index in [1.807, 2.05) is 0 Å². The molecule has 0 rings (SSSR count). The van der Waals surface area contributed by atoms with E-state index in [0.717, 1.165) is 0 Å². The van der Waals surface area contributed by atoms with Crippen molar-refractivity contribution in [2.24, 2.45) is 5.92 Å². The molecule has 0 heterocycles. The highest BCUT2D eigenvalue weighted by atomic mass is 35.5. The van der Waals surface area contributed by atoms with Gasteiger partial charge < -0.3 is 14.8 Å². The number of carbonyl (C=O) groups excluding carboxylic acids is 2. The first-order valence-electron chi connectivity index (χ1n) is 4.62. The van der Waals surface area contributed by atoms with Gasteiger partial charge in [0.05, 0.1) is 14.2 Å². The average molecular weight is 272 g/mol. The fourth-order valence-corrected chi connectivity index (χ4v) is 1.24. The average Bonchev–Trinajstić information content (AvgIpc) is 2.26. The van der Waals surface area contributed by atoms with Gasteiger partial charge in [0.2, 0.25) is 0 Å². The Morgan fingerprint density at radius 3 is 2.19 bits per heavy atom. The molecule has 0 aliphatic rings. The van der Waals surface area contributed by atoms with Crippen LogP contribution in [0.1, 0.15) is 13.3 Å². The van der Waals surface area contributed by atoms with E-state index in [2.05, 4.69) is 14.8 Å². The van der Waals surface area contributed by atoms with Crippen LogP contribution in [0.2, 0.25) is 0 Å². The number of ether oxygens (including phenoxy) is 2. The highest BCUT2D eigenvalue weighted by molar-refractivity contribution is 6.44. The number of esters is 1. The molecule has 0 aromatic carbocycles. The van der Waals surface area contributed by atoms with Gasteiger partial charge in [-0.3, -0.25) is 0 Å². The third-order valence-corrected chi connectivity index (χ3v) is 2.86. The van der Waals surface area contributed by atoms with Crippen molar-refractivity contribution in [3.8, 4) is 0 Å². The first-order valence-corrected chi connectivity index (χ1v) is 5.50. The Labute approximate surface area is 104 Å². The van der Waals surface area contributed by atoms with Crippen molar-refractivity contribution in [3.63, 3.8) is 0 Å². The summed E-state index contributed by atoms with van der Waals surface area (Å²) in [6, 6.07) is -0.813. The predicted octanol–water partition coefficient (Wildman–Crippen LogP) is 1.71. The van der Waals surface area contributed by atoms with Crippen LogP contribution in [0.5, 0.6) is 0 Å². The fraction of sp³-hybridized carbons (Fsp3) is 0.778. The monoisotopic (exact) mass is 271 g/mol. The molecule has 0 aromatic rings. The van der Waals surface area contributed by atoms with Gasteiger partial charge in [-0.25, -0.2) is 9.59 Å². The summed E-state index contributed by atoms with van der Waals surface area (Å²) in [5.41, 5.74) is 0. The maximum Gasteiger partial charge on any atom is 0.407 e. The van der Waals surface area contributed by atoms with E-state index in [1.165, 1.54) is 14.2 Å². The number of alkyl carbamates (subject to hydrolysis) is 1. The van der Waals surface area contributed by atoms with Crippen LogP contribution in [0.3, 0.4) is 0 Å². The van der Waals surface area contributed by atoms with Gasteiger partial charge in [-0.2, -0.15) is 0 Å². The largest absolute Gasteiger partial charge is 0.467 e. The summed E-state index contributed by atoms with van der Waals surface area (Å²) in [6.07, 6.45) is -0.428. The van der Waals surface area contributed by atoms with Gasteiger partial charge in [0.1, 0.15) is 10.9 Å². The number of carbonyl (C=O) groups is 2. The molecule has 0 fully saturated rings. The summed E-state index contributed by atoms with van der Waals surface area (Å²) in [6.45, 7) is 1.76. The summed E-state index contributed by atoms with van der Waals surface area (Å²) in [5.74, 6) is -0.726. The van der Waals surface area contributed by atoms with Gasteiger partial charge in [0.25, 0.3) is 0 Å². The number of alkyl halides is 2. The lowest BCUT2D eigenvalue weighted by Gasteiger charge is -2.20. The standard InChI is InChI=1S/C9H15Cl2NO4/c1-5(7(10)11)4-6(8(13)15-2)12-9(14)16-3/h5-7H,4H2,1-3H3,(H,12,14)/t5-,6-/m0/s1. The van der Waals surface area contributed by atoms with Crippen LogP contribution in [0, 0.1) is 5.92 Å². The minimum atomic E-state index is -0.813. The van der Waals surface area contributed by atoms with Gasteiger partial charge in [0, 0.05) is 0 Å². The van der Waals surface area contributed by atoms with E-state index < -0.39 is 22.9 Å². The van der Waals surface area contributed by atoms with E-state index in [1.54, 1.807) is 6.92 Å². The molecule has 5 nitrogen and oxygen atoms in total. The van der Waals surface area contributed by atoms with Crippen molar-refractivity contribution in [1.29, 1.82) is 0 Å². The maximum atomic E-state index is 11.3. The third kappa shape index (κ3) is 5.42. The summed E-state index contributed by atoms with van der Waals surface area (Å²) in [7, 11) is 2.44. The smallest absolute Gasteiger partial charge is 0.407 e. The second-order valence-corrected chi connectivity index (χ2v) is 4.42. The molecule has 0 bridgehead atoms. The molecule has 0 aromatic heterocycles. The predicted molar refractivity (Wildman–Crippen MR) is 60.6 cm³/mol. The van der Waals surface area contributed by atoms with Gasteiger partial charge >= 0.3 is 12.1 Å². The summed E-state index contributed by atoms with van der Waals surface area (Å²) < 4.78 is 8.94. The zero-order valence-electron chi connectivity index (χ0n) is 9.33. The minimum absolute atomic E-state index is 0.162. The molecule has 2 atom stereocenters. The normalized spacial score (nSPS) is 14.1. The van der Waals surface area contributed by atoms with Crippen LogP contribution in [0.15, 0.2) is 0 Å². The highest BCUT2D eigenvalue weighted by Crippen LogP contribution is 2.20. The Bertz CT molecular complexity index is 248. The Balaban J connectivity index is 4.43. The summed E-state index contributed by atoms with van der Waals surface area (Å²) >= 11 is 11.3. The minimum Gasteiger partial charge on any atom is -0.467 e. The van der Waals surface area contributed by atoms with Crippen molar-refractivity contribution >= 4 is 35.3 Å². The van der Waals surface area contributed by atoms with E-state index in [-0.39, 0.29) is 12.3 Å². The Hall–Kier alpha value is -0.680. The van der Waals surface area contributed by atoms with Gasteiger partial charge in [-0.05, 0) is 12.3 Å². The van der Waals surface area contributed by atoms with Crippen LogP contribution in [0.25, 0.3) is 0 Å².